The van der Waals surface area contributed by atoms with Gasteiger partial charge in [-0.15, -0.1) is 12.3 Å². The summed E-state index contributed by atoms with van der Waals surface area (Å²) in [5.41, 5.74) is 0.733. The Morgan fingerprint density at radius 1 is 1.30 bits per heavy atom. The monoisotopic (exact) mass is 419 g/mol. The fourth-order valence-electron chi connectivity index (χ4n) is 3.79. The molecule has 1 amide bonds. The van der Waals surface area contributed by atoms with Gasteiger partial charge in [-0.1, -0.05) is 33.8 Å². The Morgan fingerprint density at radius 2 is 2.00 bits per heavy atom. The van der Waals surface area contributed by atoms with E-state index in [0.717, 1.165) is 19.3 Å². The number of carbonyl (C=O) groups excluding carboxylic acids is 2. The van der Waals surface area contributed by atoms with Gasteiger partial charge in [0.05, 0.1) is 31.3 Å². The lowest BCUT2D eigenvalue weighted by Gasteiger charge is -2.32. The largest absolute Gasteiger partial charge is 0.465 e. The van der Waals surface area contributed by atoms with Gasteiger partial charge in [0.25, 0.3) is 0 Å². The Bertz CT molecular complexity index is 642. The average molecular weight is 420 g/mol. The first-order valence-electron chi connectivity index (χ1n) is 11.2. The minimum Gasteiger partial charge on any atom is -0.465 e. The number of carbonyl (C=O) groups is 2. The standard InChI is InChI=1S/C25H41NO4/c1-8-10-15-23(28)29-17-19(3)21(9-2)30-18-24(4,5)16-22(27)26-25(6,7)20-13-11-12-14-20/h1,13,19,21H,9-12,14-18H2,2-7H3,(H,26,27). The molecule has 0 heterocycles. The van der Waals surface area contributed by atoms with Crippen molar-refractivity contribution >= 4 is 11.9 Å². The van der Waals surface area contributed by atoms with E-state index >= 15 is 0 Å². The zero-order valence-electron chi connectivity index (χ0n) is 19.8. The minimum atomic E-state index is -0.297. The Labute approximate surface area is 183 Å². The van der Waals surface area contributed by atoms with Gasteiger partial charge < -0.3 is 14.8 Å². The van der Waals surface area contributed by atoms with Gasteiger partial charge in [-0.3, -0.25) is 9.59 Å². The van der Waals surface area contributed by atoms with E-state index in [2.05, 4.69) is 38.1 Å². The number of ether oxygens (including phenoxy) is 2. The predicted molar refractivity (Wildman–Crippen MR) is 121 cm³/mol. The van der Waals surface area contributed by atoms with Crippen LogP contribution in [0, 0.1) is 23.7 Å². The molecule has 0 aliphatic heterocycles. The number of terminal acetylenes is 1. The SMILES string of the molecule is C#CCCC(=O)OCC(C)C(CC)OCC(C)(C)CC(=O)NC(C)(C)C1=CCCC1. The van der Waals surface area contributed by atoms with Crippen molar-refractivity contribution in [1.29, 1.82) is 0 Å². The van der Waals surface area contributed by atoms with Crippen molar-refractivity contribution in [3.8, 4) is 12.3 Å². The van der Waals surface area contributed by atoms with Crippen LogP contribution in [0.5, 0.6) is 0 Å². The zero-order chi connectivity index (χ0) is 22.8. The molecule has 0 saturated carbocycles. The summed E-state index contributed by atoms with van der Waals surface area (Å²) in [4.78, 5) is 24.3. The van der Waals surface area contributed by atoms with E-state index in [-0.39, 0.29) is 41.3 Å². The van der Waals surface area contributed by atoms with Crippen LogP contribution in [0.2, 0.25) is 0 Å². The zero-order valence-corrected chi connectivity index (χ0v) is 19.8. The molecule has 2 unspecified atom stereocenters. The number of allylic oxidation sites excluding steroid dienone is 1. The third kappa shape index (κ3) is 9.34. The Morgan fingerprint density at radius 3 is 2.57 bits per heavy atom. The molecule has 170 valence electrons. The van der Waals surface area contributed by atoms with Crippen LogP contribution in [0.25, 0.3) is 0 Å². The van der Waals surface area contributed by atoms with Crippen LogP contribution < -0.4 is 5.32 Å². The molecule has 0 saturated heterocycles. The van der Waals surface area contributed by atoms with Crippen molar-refractivity contribution in [3.05, 3.63) is 11.6 Å². The van der Waals surface area contributed by atoms with Gasteiger partial charge in [-0.2, -0.15) is 0 Å². The maximum Gasteiger partial charge on any atom is 0.306 e. The second kappa shape index (κ2) is 12.2. The van der Waals surface area contributed by atoms with E-state index < -0.39 is 0 Å². The van der Waals surface area contributed by atoms with Crippen LogP contribution in [0.15, 0.2) is 11.6 Å². The van der Waals surface area contributed by atoms with Crippen molar-refractivity contribution in [2.45, 2.75) is 98.1 Å². The highest BCUT2D eigenvalue weighted by molar-refractivity contribution is 5.78. The molecule has 0 fully saturated rings. The molecule has 1 aliphatic rings. The van der Waals surface area contributed by atoms with Crippen LogP contribution in [-0.2, 0) is 19.1 Å². The molecule has 1 N–H and O–H groups in total. The minimum absolute atomic E-state index is 0.0344. The second-order valence-electron chi connectivity index (χ2n) is 9.76. The number of amides is 1. The highest BCUT2D eigenvalue weighted by Gasteiger charge is 2.30. The third-order valence-electron chi connectivity index (χ3n) is 5.64. The van der Waals surface area contributed by atoms with Crippen LogP contribution in [-0.4, -0.2) is 36.7 Å². The average Bonchev–Trinajstić information content (AvgIpc) is 3.19. The van der Waals surface area contributed by atoms with Gasteiger partial charge in [0, 0.05) is 18.8 Å². The lowest BCUT2D eigenvalue weighted by Crippen LogP contribution is -2.46. The Hall–Kier alpha value is -1.80. The third-order valence-corrected chi connectivity index (χ3v) is 5.64. The summed E-state index contributed by atoms with van der Waals surface area (Å²) in [5.74, 6) is 2.29. The summed E-state index contributed by atoms with van der Waals surface area (Å²) in [5, 5.41) is 3.19. The van der Waals surface area contributed by atoms with E-state index in [1.807, 2.05) is 20.8 Å². The quantitative estimate of drug-likeness (QED) is 0.265. The Balaban J connectivity index is 2.47. The normalized spacial score (nSPS) is 16.4. The van der Waals surface area contributed by atoms with Gasteiger partial charge in [-0.05, 0) is 50.5 Å². The topological polar surface area (TPSA) is 64.6 Å². The first kappa shape index (κ1) is 26.2. The summed E-state index contributed by atoms with van der Waals surface area (Å²) in [7, 11) is 0. The number of esters is 1. The van der Waals surface area contributed by atoms with E-state index in [0.29, 0.717) is 26.1 Å². The fraction of sp³-hybridized carbons (Fsp3) is 0.760. The van der Waals surface area contributed by atoms with Gasteiger partial charge in [0.15, 0.2) is 0 Å². The molecule has 5 nitrogen and oxygen atoms in total. The first-order valence-corrected chi connectivity index (χ1v) is 11.2. The molecule has 0 radical (unpaired) electrons. The van der Waals surface area contributed by atoms with E-state index in [9.17, 15) is 9.59 Å². The van der Waals surface area contributed by atoms with E-state index in [1.54, 1.807) is 0 Å². The summed E-state index contributed by atoms with van der Waals surface area (Å²) >= 11 is 0. The van der Waals surface area contributed by atoms with Crippen molar-refractivity contribution in [2.24, 2.45) is 11.3 Å². The second-order valence-corrected chi connectivity index (χ2v) is 9.76. The van der Waals surface area contributed by atoms with Crippen LogP contribution in [0.3, 0.4) is 0 Å². The molecule has 0 bridgehead atoms. The number of nitrogens with one attached hydrogen (secondary N) is 1. The molecular weight excluding hydrogens is 378 g/mol. The maximum atomic E-state index is 12.7. The summed E-state index contributed by atoms with van der Waals surface area (Å²) < 4.78 is 11.5. The summed E-state index contributed by atoms with van der Waals surface area (Å²) in [6, 6.07) is 0. The number of hydrogen-bond acceptors (Lipinski definition) is 4. The van der Waals surface area contributed by atoms with Crippen molar-refractivity contribution < 1.29 is 19.1 Å². The van der Waals surface area contributed by atoms with Gasteiger partial charge in [0.1, 0.15) is 0 Å². The highest BCUT2D eigenvalue weighted by atomic mass is 16.5. The van der Waals surface area contributed by atoms with Crippen LogP contribution >= 0.6 is 0 Å². The Kier molecular flexibility index (Phi) is 10.6. The first-order chi connectivity index (χ1) is 14.0. The molecule has 0 aromatic carbocycles. The predicted octanol–water partition coefficient (Wildman–Crippen LogP) is 4.80. The lowest BCUT2D eigenvalue weighted by molar-refractivity contribution is -0.147. The van der Waals surface area contributed by atoms with Crippen LogP contribution in [0.4, 0.5) is 0 Å². The molecule has 0 spiro atoms. The number of rotatable bonds is 13. The van der Waals surface area contributed by atoms with E-state index in [1.165, 1.54) is 12.0 Å². The highest BCUT2D eigenvalue weighted by Crippen LogP contribution is 2.29. The summed E-state index contributed by atoms with van der Waals surface area (Å²) in [6.07, 6.45) is 12.6. The molecule has 2 atom stereocenters. The molecule has 1 aliphatic carbocycles. The molecular formula is C25H41NO4. The molecule has 1 rings (SSSR count). The van der Waals surface area contributed by atoms with Gasteiger partial charge in [0.2, 0.25) is 5.91 Å². The van der Waals surface area contributed by atoms with Gasteiger partial charge in [-0.25, -0.2) is 0 Å². The fourth-order valence-corrected chi connectivity index (χ4v) is 3.79. The molecule has 0 aromatic rings. The smallest absolute Gasteiger partial charge is 0.306 e. The maximum absolute atomic E-state index is 12.7. The van der Waals surface area contributed by atoms with Crippen molar-refractivity contribution in [3.63, 3.8) is 0 Å². The van der Waals surface area contributed by atoms with E-state index in [4.69, 9.17) is 15.9 Å². The molecule has 0 aromatic heterocycles. The van der Waals surface area contributed by atoms with Crippen LogP contribution in [0.1, 0.15) is 86.5 Å². The van der Waals surface area contributed by atoms with Crippen molar-refractivity contribution in [2.75, 3.05) is 13.2 Å². The molecule has 30 heavy (non-hydrogen) atoms. The van der Waals surface area contributed by atoms with Gasteiger partial charge >= 0.3 is 5.97 Å². The number of hydrogen-bond donors (Lipinski definition) is 1. The lowest BCUT2D eigenvalue weighted by atomic mass is 9.88. The van der Waals surface area contributed by atoms with Crippen molar-refractivity contribution in [1.82, 2.24) is 5.32 Å². The molecule has 5 heteroatoms. The summed E-state index contributed by atoms with van der Waals surface area (Å²) in [6.45, 7) is 13.1.